The van der Waals surface area contributed by atoms with Crippen LogP contribution in [0.25, 0.3) is 11.3 Å². The fraction of sp³-hybridized carbons (Fsp3) is 0.385. The van der Waals surface area contributed by atoms with Crippen molar-refractivity contribution < 1.29 is 4.79 Å². The Morgan fingerprint density at radius 1 is 1.41 bits per heavy atom. The molecule has 0 spiro atoms. The molecule has 0 amide bonds. The zero-order valence-corrected chi connectivity index (χ0v) is 10.3. The van der Waals surface area contributed by atoms with Crippen molar-refractivity contribution in [1.29, 1.82) is 0 Å². The van der Waals surface area contributed by atoms with Crippen LogP contribution in [-0.4, -0.2) is 16.5 Å². The second-order valence-electron chi connectivity index (χ2n) is 4.51. The minimum absolute atomic E-state index is 0.495. The minimum Gasteiger partial charge on any atom is -0.298 e. The topological polar surface area (TPSA) is 45.8 Å². The summed E-state index contributed by atoms with van der Waals surface area (Å²) in [6.45, 7) is 0. The SMILES string of the molecule is O=Cc1c(-c2ccsc2)n[nH]c1C1CCCC1. The van der Waals surface area contributed by atoms with Crippen LogP contribution in [0.3, 0.4) is 0 Å². The van der Waals surface area contributed by atoms with E-state index in [1.807, 2.05) is 16.8 Å². The van der Waals surface area contributed by atoms with Crippen LogP contribution in [0.2, 0.25) is 0 Å². The highest BCUT2D eigenvalue weighted by molar-refractivity contribution is 7.08. The molecule has 1 fully saturated rings. The highest BCUT2D eigenvalue weighted by atomic mass is 32.1. The van der Waals surface area contributed by atoms with Gasteiger partial charge in [0.05, 0.1) is 5.56 Å². The third-order valence-corrected chi connectivity index (χ3v) is 4.19. The lowest BCUT2D eigenvalue weighted by Crippen LogP contribution is -1.97. The molecule has 0 atom stereocenters. The lowest BCUT2D eigenvalue weighted by molar-refractivity contribution is 0.112. The van der Waals surface area contributed by atoms with E-state index in [0.29, 0.717) is 5.92 Å². The average Bonchev–Trinajstić information content (AvgIpc) is 3.09. The van der Waals surface area contributed by atoms with Crippen LogP contribution in [0.15, 0.2) is 16.8 Å². The number of hydrogen-bond acceptors (Lipinski definition) is 3. The van der Waals surface area contributed by atoms with E-state index in [1.54, 1.807) is 11.3 Å². The highest BCUT2D eigenvalue weighted by Gasteiger charge is 2.24. The van der Waals surface area contributed by atoms with Gasteiger partial charge in [-0.1, -0.05) is 12.8 Å². The first-order valence-corrected chi connectivity index (χ1v) is 6.90. The Bertz CT molecular complexity index is 510. The molecular formula is C13H14N2OS. The first-order valence-electron chi connectivity index (χ1n) is 5.96. The van der Waals surface area contributed by atoms with E-state index in [0.717, 1.165) is 28.8 Å². The molecule has 1 aliphatic carbocycles. The number of thiophene rings is 1. The summed E-state index contributed by atoms with van der Waals surface area (Å²) in [6, 6.07) is 2.01. The van der Waals surface area contributed by atoms with Gasteiger partial charge < -0.3 is 0 Å². The number of carbonyl (C=O) groups is 1. The van der Waals surface area contributed by atoms with E-state index in [4.69, 9.17) is 0 Å². The summed E-state index contributed by atoms with van der Waals surface area (Å²) >= 11 is 1.63. The molecule has 3 rings (SSSR count). The summed E-state index contributed by atoms with van der Waals surface area (Å²) in [5.41, 5.74) is 3.65. The molecule has 0 aromatic carbocycles. The van der Waals surface area contributed by atoms with Crippen LogP contribution >= 0.6 is 11.3 Å². The van der Waals surface area contributed by atoms with Crippen LogP contribution < -0.4 is 0 Å². The Balaban J connectivity index is 2.03. The maximum Gasteiger partial charge on any atom is 0.154 e. The van der Waals surface area contributed by atoms with Gasteiger partial charge in [0, 0.05) is 22.6 Å². The van der Waals surface area contributed by atoms with Crippen LogP contribution in [-0.2, 0) is 0 Å². The molecule has 4 heteroatoms. The first-order chi connectivity index (χ1) is 8.40. The molecule has 0 bridgehead atoms. The standard InChI is InChI=1S/C13H14N2OS/c16-7-11-12(9-3-1-2-4-9)14-15-13(11)10-5-6-17-8-10/h5-9H,1-4H2,(H,14,15). The van der Waals surface area contributed by atoms with Gasteiger partial charge in [0.25, 0.3) is 0 Å². The molecule has 2 heterocycles. The minimum atomic E-state index is 0.495. The Labute approximate surface area is 104 Å². The number of aromatic nitrogens is 2. The van der Waals surface area contributed by atoms with Gasteiger partial charge in [-0.25, -0.2) is 0 Å². The molecule has 0 saturated heterocycles. The van der Waals surface area contributed by atoms with Crippen LogP contribution in [0.4, 0.5) is 0 Å². The van der Waals surface area contributed by atoms with Gasteiger partial charge in [-0.15, -0.1) is 0 Å². The van der Waals surface area contributed by atoms with E-state index in [2.05, 4.69) is 10.2 Å². The summed E-state index contributed by atoms with van der Waals surface area (Å²) in [7, 11) is 0. The second kappa shape index (κ2) is 4.45. The molecule has 17 heavy (non-hydrogen) atoms. The third-order valence-electron chi connectivity index (χ3n) is 3.51. The number of rotatable bonds is 3. The smallest absolute Gasteiger partial charge is 0.154 e. The molecule has 0 aliphatic heterocycles. The molecular weight excluding hydrogens is 232 g/mol. The number of carbonyl (C=O) groups excluding carboxylic acids is 1. The molecule has 2 aromatic rings. The second-order valence-corrected chi connectivity index (χ2v) is 5.29. The maximum atomic E-state index is 11.3. The van der Waals surface area contributed by atoms with Crippen molar-refractivity contribution in [2.45, 2.75) is 31.6 Å². The van der Waals surface area contributed by atoms with Crippen LogP contribution in [0.5, 0.6) is 0 Å². The molecule has 0 unspecified atom stereocenters. The number of H-pyrrole nitrogens is 1. The summed E-state index contributed by atoms with van der Waals surface area (Å²) in [6.07, 6.45) is 5.81. The van der Waals surface area contributed by atoms with Gasteiger partial charge >= 0.3 is 0 Å². The van der Waals surface area contributed by atoms with E-state index in [-0.39, 0.29) is 0 Å². The number of aromatic amines is 1. The predicted molar refractivity (Wildman–Crippen MR) is 68.5 cm³/mol. The monoisotopic (exact) mass is 246 g/mol. The lowest BCUT2D eigenvalue weighted by Gasteiger charge is -2.06. The van der Waals surface area contributed by atoms with Gasteiger partial charge in [0.1, 0.15) is 5.69 Å². The largest absolute Gasteiger partial charge is 0.298 e. The molecule has 1 aliphatic rings. The fourth-order valence-corrected chi connectivity index (χ4v) is 3.27. The summed E-state index contributed by atoms with van der Waals surface area (Å²) in [5, 5.41) is 11.4. The number of hydrogen-bond donors (Lipinski definition) is 1. The summed E-state index contributed by atoms with van der Waals surface area (Å²) in [5.74, 6) is 0.495. The maximum absolute atomic E-state index is 11.3. The molecule has 1 saturated carbocycles. The van der Waals surface area contributed by atoms with Crippen molar-refractivity contribution in [3.8, 4) is 11.3 Å². The molecule has 0 radical (unpaired) electrons. The van der Waals surface area contributed by atoms with Crippen LogP contribution in [0.1, 0.15) is 47.7 Å². The van der Waals surface area contributed by atoms with Crippen molar-refractivity contribution in [2.75, 3.05) is 0 Å². The van der Waals surface area contributed by atoms with E-state index < -0.39 is 0 Å². The van der Waals surface area contributed by atoms with E-state index in [9.17, 15) is 4.79 Å². The van der Waals surface area contributed by atoms with Gasteiger partial charge in [-0.3, -0.25) is 9.89 Å². The lowest BCUT2D eigenvalue weighted by atomic mass is 9.98. The highest BCUT2D eigenvalue weighted by Crippen LogP contribution is 2.37. The van der Waals surface area contributed by atoms with Gasteiger partial charge in [-0.2, -0.15) is 16.4 Å². The predicted octanol–water partition coefficient (Wildman–Crippen LogP) is 3.61. The zero-order chi connectivity index (χ0) is 11.7. The quantitative estimate of drug-likeness (QED) is 0.841. The Kier molecular flexibility index (Phi) is 2.81. The number of nitrogens with zero attached hydrogens (tertiary/aromatic N) is 1. The van der Waals surface area contributed by atoms with Gasteiger partial charge in [0.15, 0.2) is 6.29 Å². The summed E-state index contributed by atoms with van der Waals surface area (Å²) < 4.78 is 0. The molecule has 3 nitrogen and oxygen atoms in total. The van der Waals surface area contributed by atoms with Crippen molar-refractivity contribution in [3.05, 3.63) is 28.1 Å². The van der Waals surface area contributed by atoms with Gasteiger partial charge in [0.2, 0.25) is 0 Å². The van der Waals surface area contributed by atoms with Crippen molar-refractivity contribution in [1.82, 2.24) is 10.2 Å². The zero-order valence-electron chi connectivity index (χ0n) is 9.48. The average molecular weight is 246 g/mol. The Hall–Kier alpha value is -1.42. The Morgan fingerprint density at radius 3 is 2.88 bits per heavy atom. The van der Waals surface area contributed by atoms with Gasteiger partial charge in [-0.05, 0) is 24.3 Å². The van der Waals surface area contributed by atoms with Crippen molar-refractivity contribution in [3.63, 3.8) is 0 Å². The van der Waals surface area contributed by atoms with Crippen LogP contribution in [0, 0.1) is 0 Å². The third kappa shape index (κ3) is 1.82. The number of aldehydes is 1. The molecule has 88 valence electrons. The van der Waals surface area contributed by atoms with Crippen molar-refractivity contribution >= 4 is 17.6 Å². The molecule has 1 N–H and O–H groups in total. The van der Waals surface area contributed by atoms with E-state index >= 15 is 0 Å². The molecule has 2 aromatic heterocycles. The normalized spacial score (nSPS) is 16.5. The number of nitrogens with one attached hydrogen (secondary N) is 1. The van der Waals surface area contributed by atoms with Crippen molar-refractivity contribution in [2.24, 2.45) is 0 Å². The fourth-order valence-electron chi connectivity index (χ4n) is 2.63. The summed E-state index contributed by atoms with van der Waals surface area (Å²) in [4.78, 5) is 11.3. The Morgan fingerprint density at radius 2 is 2.24 bits per heavy atom. The van der Waals surface area contributed by atoms with E-state index in [1.165, 1.54) is 25.7 Å². The first kappa shape index (κ1) is 10.7.